The molecule has 28 heavy (non-hydrogen) atoms. The van der Waals surface area contributed by atoms with Gasteiger partial charge in [-0.3, -0.25) is 4.79 Å². The van der Waals surface area contributed by atoms with Gasteiger partial charge in [0, 0.05) is 18.7 Å². The third-order valence-corrected chi connectivity index (χ3v) is 5.15. The van der Waals surface area contributed by atoms with E-state index in [9.17, 15) is 4.79 Å². The molecule has 1 aliphatic carbocycles. The summed E-state index contributed by atoms with van der Waals surface area (Å²) in [5, 5.41) is 4.16. The molecule has 7 nitrogen and oxygen atoms in total. The fourth-order valence-electron chi connectivity index (χ4n) is 3.48. The summed E-state index contributed by atoms with van der Waals surface area (Å²) in [5.74, 6) is 1.54. The number of carbonyl (C=O) groups is 1. The van der Waals surface area contributed by atoms with E-state index in [2.05, 4.69) is 5.16 Å². The number of rotatable bonds is 8. The molecule has 1 aromatic rings. The number of amides is 1. The first-order valence-electron chi connectivity index (χ1n) is 10.0. The summed E-state index contributed by atoms with van der Waals surface area (Å²) in [4.78, 5) is 19.3. The second kappa shape index (κ2) is 10.3. The molecule has 154 valence electrons. The predicted molar refractivity (Wildman–Crippen MR) is 106 cm³/mol. The first-order chi connectivity index (χ1) is 13.7. The van der Waals surface area contributed by atoms with Crippen LogP contribution < -0.4 is 9.47 Å². The Labute approximate surface area is 166 Å². The van der Waals surface area contributed by atoms with Gasteiger partial charge in [0.25, 0.3) is 0 Å². The van der Waals surface area contributed by atoms with Gasteiger partial charge in [-0.25, -0.2) is 0 Å². The lowest BCUT2D eigenvalue weighted by Crippen LogP contribution is -2.40. The van der Waals surface area contributed by atoms with Crippen LogP contribution in [0.25, 0.3) is 0 Å². The van der Waals surface area contributed by atoms with E-state index in [0.29, 0.717) is 32.7 Å². The summed E-state index contributed by atoms with van der Waals surface area (Å²) in [6.45, 7) is 4.65. The van der Waals surface area contributed by atoms with Crippen molar-refractivity contribution in [1.29, 1.82) is 0 Å². The van der Waals surface area contributed by atoms with Crippen molar-refractivity contribution in [3.05, 3.63) is 23.8 Å². The lowest BCUT2D eigenvalue weighted by Gasteiger charge is -2.26. The van der Waals surface area contributed by atoms with Gasteiger partial charge in [-0.05, 0) is 50.8 Å². The Morgan fingerprint density at radius 2 is 1.96 bits per heavy atom. The van der Waals surface area contributed by atoms with E-state index in [0.717, 1.165) is 35.6 Å². The Morgan fingerprint density at radius 3 is 2.68 bits per heavy atom. The monoisotopic (exact) mass is 390 g/mol. The number of benzene rings is 1. The number of nitrogens with zero attached hydrogens (tertiary/aromatic N) is 2. The summed E-state index contributed by atoms with van der Waals surface area (Å²) in [5.41, 5.74) is 1.64. The highest BCUT2D eigenvalue weighted by molar-refractivity contribution is 5.98. The summed E-state index contributed by atoms with van der Waals surface area (Å²) in [7, 11) is 1.64. The van der Waals surface area contributed by atoms with Gasteiger partial charge in [0.15, 0.2) is 11.5 Å². The van der Waals surface area contributed by atoms with Gasteiger partial charge in [0.1, 0.15) is 6.61 Å². The molecule has 1 amide bonds. The fourth-order valence-corrected chi connectivity index (χ4v) is 3.48. The van der Waals surface area contributed by atoms with Gasteiger partial charge in [0.05, 0.1) is 38.6 Å². The maximum absolute atomic E-state index is 12.1. The van der Waals surface area contributed by atoms with Crippen LogP contribution in [0.2, 0.25) is 0 Å². The van der Waals surface area contributed by atoms with E-state index in [1.54, 1.807) is 12.0 Å². The van der Waals surface area contributed by atoms with Crippen LogP contribution in [-0.4, -0.2) is 62.6 Å². The molecule has 0 aromatic heterocycles. The van der Waals surface area contributed by atoms with Crippen LogP contribution in [-0.2, 0) is 14.4 Å². The summed E-state index contributed by atoms with van der Waals surface area (Å²) < 4.78 is 16.8. The molecular weight excluding hydrogens is 360 g/mol. The van der Waals surface area contributed by atoms with Crippen molar-refractivity contribution in [2.45, 2.75) is 45.1 Å². The van der Waals surface area contributed by atoms with E-state index < -0.39 is 0 Å². The molecule has 1 aromatic carbocycles. The Kier molecular flexibility index (Phi) is 7.54. The topological polar surface area (TPSA) is 69.6 Å². The minimum absolute atomic E-state index is 0.0767. The van der Waals surface area contributed by atoms with Gasteiger partial charge >= 0.3 is 0 Å². The summed E-state index contributed by atoms with van der Waals surface area (Å²) in [6, 6.07) is 5.76. The van der Waals surface area contributed by atoms with E-state index >= 15 is 0 Å². The highest BCUT2D eigenvalue weighted by Gasteiger charge is 2.19. The van der Waals surface area contributed by atoms with E-state index in [1.807, 2.05) is 25.1 Å². The smallest absolute Gasteiger partial charge is 0.226 e. The van der Waals surface area contributed by atoms with Crippen LogP contribution in [0.4, 0.5) is 0 Å². The molecule has 0 radical (unpaired) electrons. The molecule has 2 aliphatic rings. The molecule has 1 saturated heterocycles. The normalized spacial score (nSPS) is 18.2. The average molecular weight is 390 g/mol. The van der Waals surface area contributed by atoms with Gasteiger partial charge in [-0.15, -0.1) is 0 Å². The second-order valence-corrected chi connectivity index (χ2v) is 7.14. The Morgan fingerprint density at radius 1 is 1.21 bits per heavy atom. The molecule has 3 rings (SSSR count). The lowest BCUT2D eigenvalue weighted by atomic mass is 10.1. The number of hydrogen-bond donors (Lipinski definition) is 0. The Balaban J connectivity index is 1.53. The van der Waals surface area contributed by atoms with Crippen molar-refractivity contribution in [2.24, 2.45) is 5.16 Å². The standard InChI is InChI=1S/C21H30N2O5/c1-16(22-27-12-9-21(24)23-10-13-26-14-11-23)17-7-8-19(25-2)20(15-17)28-18-5-3-4-6-18/h7-8,15,18H,3-6,9-14H2,1-2H3/b22-16+. The Bertz CT molecular complexity index is 679. The van der Waals surface area contributed by atoms with Gasteiger partial charge < -0.3 is 23.9 Å². The van der Waals surface area contributed by atoms with Crippen molar-refractivity contribution in [3.8, 4) is 11.5 Å². The van der Waals surface area contributed by atoms with Gasteiger partial charge in [0.2, 0.25) is 5.91 Å². The van der Waals surface area contributed by atoms with E-state index in [1.165, 1.54) is 12.8 Å². The second-order valence-electron chi connectivity index (χ2n) is 7.14. The number of oxime groups is 1. The molecule has 1 saturated carbocycles. The first-order valence-corrected chi connectivity index (χ1v) is 10.0. The highest BCUT2D eigenvalue weighted by Crippen LogP contribution is 2.32. The Hall–Kier alpha value is -2.28. The van der Waals surface area contributed by atoms with Crippen LogP contribution >= 0.6 is 0 Å². The zero-order valence-corrected chi connectivity index (χ0v) is 16.8. The van der Waals surface area contributed by atoms with Crippen molar-refractivity contribution < 1.29 is 23.8 Å². The molecule has 1 aliphatic heterocycles. The molecule has 0 spiro atoms. The van der Waals surface area contributed by atoms with Crippen molar-refractivity contribution >= 4 is 11.6 Å². The highest BCUT2D eigenvalue weighted by atomic mass is 16.6. The zero-order valence-electron chi connectivity index (χ0n) is 16.8. The van der Waals surface area contributed by atoms with Crippen LogP contribution in [0.5, 0.6) is 11.5 Å². The quantitative estimate of drug-likeness (QED) is 0.388. The van der Waals surface area contributed by atoms with Crippen molar-refractivity contribution in [3.63, 3.8) is 0 Å². The number of carbonyl (C=O) groups excluding carboxylic acids is 1. The third-order valence-electron chi connectivity index (χ3n) is 5.15. The van der Waals surface area contributed by atoms with Crippen LogP contribution in [0.1, 0.15) is 44.6 Å². The molecule has 2 fully saturated rings. The van der Waals surface area contributed by atoms with Crippen LogP contribution in [0, 0.1) is 0 Å². The van der Waals surface area contributed by atoms with Crippen molar-refractivity contribution in [2.75, 3.05) is 40.0 Å². The molecule has 0 atom stereocenters. The predicted octanol–water partition coefficient (Wildman–Crippen LogP) is 3.01. The first kappa shape index (κ1) is 20.5. The fraction of sp³-hybridized carbons (Fsp3) is 0.619. The molecule has 0 N–H and O–H groups in total. The van der Waals surface area contributed by atoms with Crippen LogP contribution in [0.15, 0.2) is 23.4 Å². The largest absolute Gasteiger partial charge is 0.493 e. The average Bonchev–Trinajstić information content (AvgIpc) is 3.24. The zero-order chi connectivity index (χ0) is 19.8. The maximum atomic E-state index is 12.1. The SMILES string of the molecule is COc1ccc(/C(C)=N/OCCC(=O)N2CCOCC2)cc1OC1CCCC1. The minimum Gasteiger partial charge on any atom is -0.493 e. The van der Waals surface area contributed by atoms with Crippen LogP contribution in [0.3, 0.4) is 0 Å². The third kappa shape index (κ3) is 5.61. The van der Waals surface area contributed by atoms with E-state index in [-0.39, 0.29) is 18.6 Å². The molecule has 0 bridgehead atoms. The molecule has 0 unspecified atom stereocenters. The van der Waals surface area contributed by atoms with Gasteiger partial charge in [-0.2, -0.15) is 0 Å². The maximum Gasteiger partial charge on any atom is 0.226 e. The number of methoxy groups -OCH3 is 1. The summed E-state index contributed by atoms with van der Waals surface area (Å²) >= 11 is 0. The number of hydrogen-bond acceptors (Lipinski definition) is 6. The number of morpholine rings is 1. The molecule has 7 heteroatoms. The molecule has 1 heterocycles. The summed E-state index contributed by atoms with van der Waals surface area (Å²) in [6.07, 6.45) is 5.16. The minimum atomic E-state index is 0.0767. The lowest BCUT2D eigenvalue weighted by molar-refractivity contribution is -0.136. The van der Waals surface area contributed by atoms with E-state index in [4.69, 9.17) is 19.0 Å². The molecular formula is C21H30N2O5. The van der Waals surface area contributed by atoms with Crippen molar-refractivity contribution in [1.82, 2.24) is 4.90 Å². The van der Waals surface area contributed by atoms with Gasteiger partial charge in [-0.1, -0.05) is 5.16 Å². The number of ether oxygens (including phenoxy) is 3.